The molecule has 0 aromatic heterocycles. The summed E-state index contributed by atoms with van der Waals surface area (Å²) in [6, 6.07) is 32.8. The molecule has 0 radical (unpaired) electrons. The molecule has 0 saturated heterocycles. The summed E-state index contributed by atoms with van der Waals surface area (Å²) in [7, 11) is -6.00. The van der Waals surface area contributed by atoms with Crippen LogP contribution >= 0.6 is 0 Å². The van der Waals surface area contributed by atoms with E-state index in [1.807, 2.05) is 0 Å². The van der Waals surface area contributed by atoms with Crippen molar-refractivity contribution in [1.29, 1.82) is 0 Å². The third-order valence-electron chi connectivity index (χ3n) is 2.94. The molecule has 0 aliphatic rings. The minimum absolute atomic E-state index is 1.50. The zero-order chi connectivity index (χ0) is 17.4. The van der Waals surface area contributed by atoms with Gasteiger partial charge in [-0.15, -0.1) is 0 Å². The predicted octanol–water partition coefficient (Wildman–Crippen LogP) is 3.50. The van der Waals surface area contributed by atoms with E-state index in [9.17, 15) is 17.3 Å². The predicted molar refractivity (Wildman–Crippen MR) is 94.2 cm³/mol. The molecule has 0 amide bonds. The molecule has 0 fully saturated rings. The van der Waals surface area contributed by atoms with Gasteiger partial charge in [-0.05, 0) is 0 Å². The fourth-order valence-electron chi connectivity index (χ4n) is 2.08. The molecule has 0 saturated carbocycles. The van der Waals surface area contributed by atoms with Crippen LogP contribution in [0.4, 0.5) is 17.3 Å². The van der Waals surface area contributed by atoms with Crippen molar-refractivity contribution >= 4 is 37.6 Å². The minimum atomic E-state index is -6.00. The van der Waals surface area contributed by atoms with Gasteiger partial charge in [0, 0.05) is 0 Å². The maximum atomic E-state index is 9.75. The second-order valence-electron chi connectivity index (χ2n) is 4.74. The van der Waals surface area contributed by atoms with Crippen molar-refractivity contribution in [1.82, 2.24) is 0 Å². The van der Waals surface area contributed by atoms with E-state index < -0.39 is 26.8 Å². The molecular weight excluding hydrogens is 431 g/mol. The third-order valence-corrected chi connectivity index (χ3v) is 9.30. The van der Waals surface area contributed by atoms with Crippen molar-refractivity contribution in [2.75, 3.05) is 0 Å². The van der Waals surface area contributed by atoms with Gasteiger partial charge in [-0.2, -0.15) is 0 Å². The van der Waals surface area contributed by atoms with Crippen LogP contribution in [-0.4, -0.2) is 26.8 Å². The van der Waals surface area contributed by atoms with Crippen LogP contribution in [0, 0.1) is 0 Å². The normalized spacial score (nSPS) is 10.9. The summed E-state index contributed by atoms with van der Waals surface area (Å²) in [5, 5.41) is 0. The molecule has 124 valence electrons. The first-order valence-electron chi connectivity index (χ1n) is 7.22. The molecule has 0 unspecified atom stereocenters. The molecular formula is C18H15BF4Te. The summed E-state index contributed by atoms with van der Waals surface area (Å²) >= 11 is -1.67. The van der Waals surface area contributed by atoms with E-state index in [2.05, 4.69) is 91.0 Å². The van der Waals surface area contributed by atoms with Crippen molar-refractivity contribution in [2.45, 2.75) is 0 Å². The van der Waals surface area contributed by atoms with Crippen molar-refractivity contribution in [3.05, 3.63) is 91.0 Å². The van der Waals surface area contributed by atoms with E-state index in [4.69, 9.17) is 0 Å². The molecule has 0 spiro atoms. The van der Waals surface area contributed by atoms with Gasteiger partial charge in [-0.1, -0.05) is 0 Å². The number of rotatable bonds is 3. The van der Waals surface area contributed by atoms with Gasteiger partial charge in [0.25, 0.3) is 0 Å². The van der Waals surface area contributed by atoms with Crippen molar-refractivity contribution in [3.63, 3.8) is 0 Å². The second kappa shape index (κ2) is 8.91. The molecule has 0 N–H and O–H groups in total. The van der Waals surface area contributed by atoms with Gasteiger partial charge >= 0.3 is 129 Å². The van der Waals surface area contributed by atoms with Gasteiger partial charge < -0.3 is 17.3 Å². The zero-order valence-corrected chi connectivity index (χ0v) is 15.0. The summed E-state index contributed by atoms with van der Waals surface area (Å²) in [5.74, 6) is 0. The summed E-state index contributed by atoms with van der Waals surface area (Å²) in [6.45, 7) is 0. The van der Waals surface area contributed by atoms with E-state index in [0.29, 0.717) is 0 Å². The average Bonchev–Trinajstić information content (AvgIpc) is 2.57. The van der Waals surface area contributed by atoms with Crippen LogP contribution in [0.25, 0.3) is 0 Å². The first-order chi connectivity index (χ1) is 11.4. The molecule has 0 nitrogen and oxygen atoms in total. The Kier molecular flexibility index (Phi) is 6.90. The van der Waals surface area contributed by atoms with E-state index in [1.165, 1.54) is 10.8 Å². The van der Waals surface area contributed by atoms with E-state index in [-0.39, 0.29) is 0 Å². The van der Waals surface area contributed by atoms with Crippen molar-refractivity contribution in [2.24, 2.45) is 0 Å². The second-order valence-corrected chi connectivity index (χ2v) is 10.5. The van der Waals surface area contributed by atoms with Crippen molar-refractivity contribution in [3.8, 4) is 0 Å². The molecule has 0 aliphatic heterocycles. The van der Waals surface area contributed by atoms with Crippen LogP contribution in [0.3, 0.4) is 0 Å². The third kappa shape index (κ3) is 6.39. The van der Waals surface area contributed by atoms with Gasteiger partial charge in [-0.3, -0.25) is 0 Å². The fraction of sp³-hybridized carbons (Fsp3) is 0. The summed E-state index contributed by atoms with van der Waals surface area (Å²) in [4.78, 5) is 0. The van der Waals surface area contributed by atoms with Crippen LogP contribution in [0.15, 0.2) is 91.0 Å². The molecule has 3 aromatic carbocycles. The number of hydrogen-bond acceptors (Lipinski definition) is 0. The van der Waals surface area contributed by atoms with E-state index in [1.54, 1.807) is 0 Å². The number of hydrogen-bond donors (Lipinski definition) is 0. The molecule has 0 atom stereocenters. The Morgan fingerprint density at radius 3 is 0.875 bits per heavy atom. The fourth-order valence-corrected chi connectivity index (χ4v) is 8.08. The molecule has 0 bridgehead atoms. The van der Waals surface area contributed by atoms with Crippen LogP contribution in [0.2, 0.25) is 0 Å². The molecule has 0 heterocycles. The van der Waals surface area contributed by atoms with Gasteiger partial charge in [0.2, 0.25) is 0 Å². The van der Waals surface area contributed by atoms with Gasteiger partial charge in [-0.25, -0.2) is 0 Å². The average molecular weight is 446 g/mol. The first kappa shape index (κ1) is 18.6. The molecule has 0 aliphatic carbocycles. The Hall–Kier alpha value is -1.77. The first-order valence-corrected chi connectivity index (χ1v) is 10.7. The zero-order valence-electron chi connectivity index (χ0n) is 12.7. The summed E-state index contributed by atoms with van der Waals surface area (Å²) in [6.07, 6.45) is 0. The SMILES string of the molecule is F[B-](F)(F)F.c1ccc([Te+](c2ccccc2)c2ccccc2)cc1. The quantitative estimate of drug-likeness (QED) is 0.428. The molecule has 3 rings (SSSR count). The summed E-state index contributed by atoms with van der Waals surface area (Å²) in [5.41, 5.74) is 0. The monoisotopic (exact) mass is 448 g/mol. The summed E-state index contributed by atoms with van der Waals surface area (Å²) < 4.78 is 43.5. The van der Waals surface area contributed by atoms with Crippen LogP contribution < -0.4 is 10.8 Å². The molecule has 3 aromatic rings. The Labute approximate surface area is 145 Å². The van der Waals surface area contributed by atoms with Crippen molar-refractivity contribution < 1.29 is 17.3 Å². The van der Waals surface area contributed by atoms with Gasteiger partial charge in [0.15, 0.2) is 0 Å². The van der Waals surface area contributed by atoms with Crippen LogP contribution in [-0.2, 0) is 0 Å². The van der Waals surface area contributed by atoms with E-state index >= 15 is 0 Å². The molecule has 6 heteroatoms. The topological polar surface area (TPSA) is 0 Å². The molecule has 24 heavy (non-hydrogen) atoms. The standard InChI is InChI=1S/C18H15Te.BF4/c1-4-10-16(11-5-1)19(17-12-6-2-7-13-17)18-14-8-3-9-15-18;2-1(3,4)5/h1-15H;/q+1;-1. The Bertz CT molecular complexity index is 618. The van der Waals surface area contributed by atoms with Gasteiger partial charge in [0.05, 0.1) is 0 Å². The van der Waals surface area contributed by atoms with Gasteiger partial charge in [0.1, 0.15) is 0 Å². The Morgan fingerprint density at radius 1 is 0.458 bits per heavy atom. The Morgan fingerprint density at radius 2 is 0.667 bits per heavy atom. The van der Waals surface area contributed by atoms with E-state index in [0.717, 1.165) is 0 Å². The Balaban J connectivity index is 0.000000368. The number of halogens is 4. The van der Waals surface area contributed by atoms with Crippen LogP contribution in [0.5, 0.6) is 0 Å². The maximum absolute atomic E-state index is 9.75. The number of benzene rings is 3. The van der Waals surface area contributed by atoms with Crippen LogP contribution in [0.1, 0.15) is 0 Å².